The largest absolute Gasteiger partial charge is 0.469 e. The molecule has 0 spiro atoms. The molecule has 0 radical (unpaired) electrons. The van der Waals surface area contributed by atoms with Crippen molar-refractivity contribution in [2.75, 3.05) is 7.11 Å². The van der Waals surface area contributed by atoms with Gasteiger partial charge in [-0.05, 0) is 30.2 Å². The number of hydrogen-bond acceptors (Lipinski definition) is 4. The summed E-state index contributed by atoms with van der Waals surface area (Å²) in [6.45, 7) is 0. The van der Waals surface area contributed by atoms with Crippen molar-refractivity contribution in [1.82, 2.24) is 5.32 Å². The van der Waals surface area contributed by atoms with E-state index in [1.165, 1.54) is 20.0 Å². The number of carbonyl (C=O) groups is 2. The monoisotopic (exact) mass is 295 g/mol. The molecule has 1 amide bonds. The number of amides is 1. The van der Waals surface area contributed by atoms with Crippen LogP contribution < -0.4 is 5.32 Å². The topological polar surface area (TPSA) is 55.4 Å². The van der Waals surface area contributed by atoms with Gasteiger partial charge in [-0.2, -0.15) is 0 Å². The Balaban J connectivity index is 1.92. The zero-order valence-electron chi connectivity index (χ0n) is 11.8. The molecule has 0 bridgehead atoms. The molecule has 1 aromatic rings. The van der Waals surface area contributed by atoms with Gasteiger partial charge in [0.1, 0.15) is 0 Å². The average molecular weight is 295 g/mol. The third kappa shape index (κ3) is 4.34. The summed E-state index contributed by atoms with van der Waals surface area (Å²) in [5.74, 6) is 0.251. The van der Waals surface area contributed by atoms with E-state index in [1.807, 2.05) is 17.5 Å². The molecule has 1 aliphatic rings. The van der Waals surface area contributed by atoms with Crippen molar-refractivity contribution < 1.29 is 14.3 Å². The van der Waals surface area contributed by atoms with Crippen LogP contribution in [0.25, 0.3) is 0 Å². The van der Waals surface area contributed by atoms with E-state index in [9.17, 15) is 9.59 Å². The van der Waals surface area contributed by atoms with Crippen LogP contribution in [0.2, 0.25) is 0 Å². The highest BCUT2D eigenvalue weighted by Gasteiger charge is 2.23. The van der Waals surface area contributed by atoms with E-state index in [2.05, 4.69) is 5.32 Å². The third-order valence-corrected chi connectivity index (χ3v) is 4.76. The quantitative estimate of drug-likeness (QED) is 0.821. The molecular formula is C15H21NO3S. The second-order valence-corrected chi connectivity index (χ2v) is 6.25. The van der Waals surface area contributed by atoms with Crippen molar-refractivity contribution in [1.29, 1.82) is 0 Å². The number of thiophene rings is 1. The lowest BCUT2D eigenvalue weighted by Crippen LogP contribution is -2.31. The maximum atomic E-state index is 12.1. The highest BCUT2D eigenvalue weighted by molar-refractivity contribution is 7.10. The van der Waals surface area contributed by atoms with E-state index in [1.54, 1.807) is 11.3 Å². The predicted octanol–water partition coefficient (Wildman–Crippen LogP) is 3.05. The molecule has 2 rings (SSSR count). The highest BCUT2D eigenvalue weighted by Crippen LogP contribution is 2.28. The van der Waals surface area contributed by atoms with Crippen molar-refractivity contribution >= 4 is 23.2 Å². The van der Waals surface area contributed by atoms with E-state index in [0.717, 1.165) is 17.7 Å². The Morgan fingerprint density at radius 2 is 2.20 bits per heavy atom. The van der Waals surface area contributed by atoms with Crippen LogP contribution in [0.15, 0.2) is 17.5 Å². The first-order valence-corrected chi connectivity index (χ1v) is 7.96. The van der Waals surface area contributed by atoms with Gasteiger partial charge in [0, 0.05) is 11.3 Å². The summed E-state index contributed by atoms with van der Waals surface area (Å²) >= 11 is 1.55. The minimum absolute atomic E-state index is 0.0409. The summed E-state index contributed by atoms with van der Waals surface area (Å²) in [5.41, 5.74) is 0. The highest BCUT2D eigenvalue weighted by atomic mass is 32.1. The van der Waals surface area contributed by atoms with Gasteiger partial charge in [-0.1, -0.05) is 18.9 Å². The van der Waals surface area contributed by atoms with Crippen LogP contribution in [0.5, 0.6) is 0 Å². The number of esters is 1. The van der Waals surface area contributed by atoms with Gasteiger partial charge < -0.3 is 10.1 Å². The molecule has 1 unspecified atom stereocenters. The predicted molar refractivity (Wildman–Crippen MR) is 78.4 cm³/mol. The van der Waals surface area contributed by atoms with Gasteiger partial charge in [0.05, 0.1) is 19.6 Å². The second-order valence-electron chi connectivity index (χ2n) is 5.27. The van der Waals surface area contributed by atoms with Crippen LogP contribution in [0.3, 0.4) is 0 Å². The summed E-state index contributed by atoms with van der Waals surface area (Å²) in [6.07, 6.45) is 5.52. The number of hydrogen-bond donors (Lipinski definition) is 1. The first kappa shape index (κ1) is 15.0. The molecule has 1 heterocycles. The molecule has 20 heavy (non-hydrogen) atoms. The first-order valence-electron chi connectivity index (χ1n) is 7.08. The van der Waals surface area contributed by atoms with Gasteiger partial charge in [0.2, 0.25) is 5.91 Å². The van der Waals surface area contributed by atoms with Crippen molar-refractivity contribution in [3.63, 3.8) is 0 Å². The zero-order valence-corrected chi connectivity index (χ0v) is 12.6. The lowest BCUT2D eigenvalue weighted by atomic mass is 10.0. The molecule has 1 saturated carbocycles. The molecule has 0 aromatic carbocycles. The van der Waals surface area contributed by atoms with Crippen molar-refractivity contribution in [2.24, 2.45) is 5.92 Å². The van der Waals surface area contributed by atoms with Crippen molar-refractivity contribution in [2.45, 2.75) is 44.6 Å². The minimum Gasteiger partial charge on any atom is -0.469 e. The number of carbonyl (C=O) groups excluding carboxylic acids is 2. The molecule has 1 fully saturated rings. The fraction of sp³-hybridized carbons (Fsp3) is 0.600. The summed E-state index contributed by atoms with van der Waals surface area (Å²) in [4.78, 5) is 24.6. The Bertz CT molecular complexity index is 438. The molecule has 1 N–H and O–H groups in total. The lowest BCUT2D eigenvalue weighted by Gasteiger charge is -2.17. The molecule has 4 nitrogen and oxygen atoms in total. The van der Waals surface area contributed by atoms with Gasteiger partial charge in [-0.3, -0.25) is 9.59 Å². The number of nitrogens with one attached hydrogen (secondary N) is 1. The molecule has 1 aliphatic carbocycles. The minimum atomic E-state index is -0.301. The molecular weight excluding hydrogens is 274 g/mol. The lowest BCUT2D eigenvalue weighted by molar-refractivity contribution is -0.141. The van der Waals surface area contributed by atoms with Crippen LogP contribution in [-0.4, -0.2) is 19.0 Å². The Morgan fingerprint density at radius 1 is 1.45 bits per heavy atom. The maximum Gasteiger partial charge on any atom is 0.307 e. The van der Waals surface area contributed by atoms with Crippen LogP contribution in [0.4, 0.5) is 0 Å². The molecule has 1 aromatic heterocycles. The molecule has 0 saturated heterocycles. The van der Waals surface area contributed by atoms with E-state index in [0.29, 0.717) is 12.3 Å². The molecule has 1 atom stereocenters. The maximum absolute atomic E-state index is 12.1. The van der Waals surface area contributed by atoms with E-state index >= 15 is 0 Å². The summed E-state index contributed by atoms with van der Waals surface area (Å²) in [5, 5.41) is 4.93. The Labute approximate surface area is 123 Å². The van der Waals surface area contributed by atoms with Crippen LogP contribution in [-0.2, 0) is 14.3 Å². The number of ether oxygens (including phenoxy) is 1. The van der Waals surface area contributed by atoms with E-state index < -0.39 is 0 Å². The van der Waals surface area contributed by atoms with Crippen LogP contribution in [0.1, 0.15) is 49.4 Å². The summed E-state index contributed by atoms with van der Waals surface area (Å²) < 4.78 is 4.71. The molecule has 110 valence electrons. The SMILES string of the molecule is COC(=O)CC(NC(=O)CC1CCCC1)c1cccs1. The zero-order chi connectivity index (χ0) is 14.4. The second kappa shape index (κ2) is 7.43. The average Bonchev–Trinajstić information content (AvgIpc) is 3.10. The molecule has 0 aliphatic heterocycles. The third-order valence-electron chi connectivity index (χ3n) is 3.77. The van der Waals surface area contributed by atoms with Gasteiger partial charge in [0.25, 0.3) is 0 Å². The fourth-order valence-corrected chi connectivity index (χ4v) is 3.47. The van der Waals surface area contributed by atoms with Gasteiger partial charge in [0.15, 0.2) is 0 Å². The number of rotatable bonds is 6. The standard InChI is InChI=1S/C15H21NO3S/c1-19-15(18)10-12(13-7-4-8-20-13)16-14(17)9-11-5-2-3-6-11/h4,7-8,11-12H,2-3,5-6,9-10H2,1H3,(H,16,17). The van der Waals surface area contributed by atoms with Crippen molar-refractivity contribution in [3.05, 3.63) is 22.4 Å². The van der Waals surface area contributed by atoms with E-state index in [4.69, 9.17) is 4.74 Å². The normalized spacial score (nSPS) is 16.9. The Kier molecular flexibility index (Phi) is 5.59. The smallest absolute Gasteiger partial charge is 0.307 e. The first-order chi connectivity index (χ1) is 9.69. The van der Waals surface area contributed by atoms with Crippen LogP contribution in [0, 0.1) is 5.92 Å². The van der Waals surface area contributed by atoms with E-state index in [-0.39, 0.29) is 24.3 Å². The summed E-state index contributed by atoms with van der Waals surface area (Å²) in [7, 11) is 1.37. The fourth-order valence-electron chi connectivity index (χ4n) is 2.69. The van der Waals surface area contributed by atoms with Gasteiger partial charge >= 0.3 is 5.97 Å². The molecule has 5 heteroatoms. The van der Waals surface area contributed by atoms with Crippen LogP contribution >= 0.6 is 11.3 Å². The Hall–Kier alpha value is -1.36. The van der Waals surface area contributed by atoms with Gasteiger partial charge in [-0.25, -0.2) is 0 Å². The Morgan fingerprint density at radius 3 is 2.80 bits per heavy atom. The van der Waals surface area contributed by atoms with Crippen molar-refractivity contribution in [3.8, 4) is 0 Å². The summed E-state index contributed by atoms with van der Waals surface area (Å²) in [6, 6.07) is 3.60. The van der Waals surface area contributed by atoms with Gasteiger partial charge in [-0.15, -0.1) is 11.3 Å². The number of methoxy groups -OCH3 is 1.